The number of nitrogens with zero attached hydrogens (tertiary/aromatic N) is 1. The summed E-state index contributed by atoms with van der Waals surface area (Å²) in [4.78, 5) is 16.6. The summed E-state index contributed by atoms with van der Waals surface area (Å²) < 4.78 is 0. The highest BCUT2D eigenvalue weighted by Crippen LogP contribution is 2.56. The van der Waals surface area contributed by atoms with E-state index >= 15 is 0 Å². The van der Waals surface area contributed by atoms with Gasteiger partial charge in [-0.25, -0.2) is 0 Å². The lowest BCUT2D eigenvalue weighted by atomic mass is 9.84. The van der Waals surface area contributed by atoms with Gasteiger partial charge in [-0.15, -0.1) is 22.7 Å². The third-order valence-electron chi connectivity index (χ3n) is 4.20. The van der Waals surface area contributed by atoms with Crippen LogP contribution in [0.1, 0.15) is 41.6 Å². The molecule has 112 valence electrons. The fourth-order valence-corrected chi connectivity index (χ4v) is 5.66. The van der Waals surface area contributed by atoms with Gasteiger partial charge >= 0.3 is 0 Å². The maximum absolute atomic E-state index is 11.1. The molecule has 0 saturated carbocycles. The summed E-state index contributed by atoms with van der Waals surface area (Å²) in [5, 5.41) is 10.4. The Morgan fingerprint density at radius 1 is 1.24 bits per heavy atom. The van der Waals surface area contributed by atoms with Crippen molar-refractivity contribution < 1.29 is 9.90 Å². The smallest absolute Gasteiger partial charge is 0.160 e. The number of thiophene rings is 2. The van der Waals surface area contributed by atoms with E-state index < -0.39 is 0 Å². The molecular formula is C16H19NO2S2. The van der Waals surface area contributed by atoms with Crippen LogP contribution in [0.5, 0.6) is 0 Å². The van der Waals surface area contributed by atoms with E-state index in [9.17, 15) is 9.90 Å². The minimum absolute atomic E-state index is 0.0458. The second-order valence-electron chi connectivity index (χ2n) is 5.77. The summed E-state index contributed by atoms with van der Waals surface area (Å²) in [7, 11) is 0. The summed E-state index contributed by atoms with van der Waals surface area (Å²) in [5.74, 6) is 0. The van der Waals surface area contributed by atoms with Crippen LogP contribution in [0.15, 0.2) is 12.1 Å². The predicted molar refractivity (Wildman–Crippen MR) is 90.1 cm³/mol. The van der Waals surface area contributed by atoms with Crippen molar-refractivity contribution in [1.82, 2.24) is 0 Å². The van der Waals surface area contributed by atoms with Gasteiger partial charge in [0.25, 0.3) is 0 Å². The Balaban J connectivity index is 2.10. The molecule has 21 heavy (non-hydrogen) atoms. The largest absolute Gasteiger partial charge is 0.395 e. The van der Waals surface area contributed by atoms with Crippen molar-refractivity contribution >= 4 is 34.0 Å². The van der Waals surface area contributed by atoms with Crippen molar-refractivity contribution in [2.24, 2.45) is 0 Å². The number of aldehydes is 1. The van der Waals surface area contributed by atoms with Crippen molar-refractivity contribution in [3.63, 3.8) is 0 Å². The zero-order valence-electron chi connectivity index (χ0n) is 12.5. The van der Waals surface area contributed by atoms with E-state index in [1.165, 1.54) is 25.9 Å². The number of hydrogen-bond donors (Lipinski definition) is 1. The number of fused-ring (bicyclic) bond motifs is 3. The Kier molecular flexibility index (Phi) is 3.67. The van der Waals surface area contributed by atoms with Crippen LogP contribution >= 0.6 is 22.7 Å². The molecule has 2 heterocycles. The maximum Gasteiger partial charge on any atom is 0.160 e. The number of hydrogen-bond acceptors (Lipinski definition) is 5. The number of likely N-dealkylation sites (N-methyl/N-ethyl adjacent to an activating group) is 1. The van der Waals surface area contributed by atoms with Crippen LogP contribution in [0.4, 0.5) is 5.00 Å². The Hall–Kier alpha value is -1.17. The van der Waals surface area contributed by atoms with Crippen LogP contribution in [0.3, 0.4) is 0 Å². The highest BCUT2D eigenvalue weighted by Gasteiger charge is 2.39. The lowest BCUT2D eigenvalue weighted by molar-refractivity contribution is 0.112. The van der Waals surface area contributed by atoms with Gasteiger partial charge in [-0.2, -0.15) is 0 Å². The zero-order valence-corrected chi connectivity index (χ0v) is 14.1. The van der Waals surface area contributed by atoms with Crippen LogP contribution in [0.25, 0.3) is 9.75 Å². The van der Waals surface area contributed by atoms with Crippen LogP contribution in [0, 0.1) is 0 Å². The summed E-state index contributed by atoms with van der Waals surface area (Å²) in [5.41, 5.74) is 2.57. The van der Waals surface area contributed by atoms with Gasteiger partial charge in [-0.3, -0.25) is 4.79 Å². The molecule has 0 fully saturated rings. The Labute approximate surface area is 132 Å². The van der Waals surface area contributed by atoms with Crippen LogP contribution in [0.2, 0.25) is 0 Å². The Morgan fingerprint density at radius 2 is 1.90 bits per heavy atom. The molecule has 0 atom stereocenters. The van der Waals surface area contributed by atoms with Crippen LogP contribution < -0.4 is 4.90 Å². The molecule has 2 aromatic rings. The van der Waals surface area contributed by atoms with Crippen LogP contribution in [-0.2, 0) is 5.41 Å². The maximum atomic E-state index is 11.1. The van der Waals surface area contributed by atoms with Crippen molar-refractivity contribution in [2.75, 3.05) is 24.6 Å². The van der Waals surface area contributed by atoms with Gasteiger partial charge < -0.3 is 10.0 Å². The molecule has 0 saturated heterocycles. The summed E-state index contributed by atoms with van der Waals surface area (Å²) in [6, 6.07) is 4.29. The highest BCUT2D eigenvalue weighted by molar-refractivity contribution is 7.25. The molecule has 1 aliphatic carbocycles. The molecule has 5 heteroatoms. The molecule has 0 bridgehead atoms. The number of anilines is 1. The van der Waals surface area contributed by atoms with Gasteiger partial charge in [-0.1, -0.05) is 13.8 Å². The average Bonchev–Trinajstić information content (AvgIpc) is 3.11. The minimum atomic E-state index is -0.0458. The van der Waals surface area contributed by atoms with E-state index in [0.29, 0.717) is 6.54 Å². The third-order valence-corrected chi connectivity index (χ3v) is 6.62. The van der Waals surface area contributed by atoms with Crippen molar-refractivity contribution in [1.29, 1.82) is 0 Å². The SMILES string of the molecule is CCN(CCO)c1cc2c(s1)-c1sc(C=O)cc1C2(C)C. The van der Waals surface area contributed by atoms with Gasteiger partial charge in [0.05, 0.1) is 21.4 Å². The van der Waals surface area contributed by atoms with E-state index in [2.05, 4.69) is 31.7 Å². The molecular weight excluding hydrogens is 302 g/mol. The molecule has 1 aliphatic rings. The van der Waals surface area contributed by atoms with E-state index in [0.717, 1.165) is 17.7 Å². The van der Waals surface area contributed by atoms with Gasteiger partial charge in [-0.05, 0) is 30.2 Å². The first kappa shape index (κ1) is 14.8. The fourth-order valence-electron chi connectivity index (χ4n) is 2.96. The molecule has 3 nitrogen and oxygen atoms in total. The summed E-state index contributed by atoms with van der Waals surface area (Å²) in [6.07, 6.45) is 0.942. The molecule has 0 unspecified atom stereocenters. The quantitative estimate of drug-likeness (QED) is 0.853. The Morgan fingerprint density at radius 3 is 2.52 bits per heavy atom. The van der Waals surface area contributed by atoms with Crippen molar-refractivity contribution in [3.8, 4) is 9.75 Å². The minimum Gasteiger partial charge on any atom is -0.395 e. The average molecular weight is 321 g/mol. The summed E-state index contributed by atoms with van der Waals surface area (Å²) >= 11 is 3.36. The number of aliphatic hydroxyl groups is 1. The molecule has 0 amide bonds. The second kappa shape index (κ2) is 5.23. The molecule has 1 N–H and O–H groups in total. The number of aliphatic hydroxyl groups excluding tert-OH is 1. The molecule has 0 radical (unpaired) electrons. The number of carbonyl (C=O) groups is 1. The molecule has 0 aromatic carbocycles. The van der Waals surface area contributed by atoms with E-state index in [1.54, 1.807) is 22.7 Å². The zero-order chi connectivity index (χ0) is 15.2. The van der Waals surface area contributed by atoms with Gasteiger partial charge in [0.15, 0.2) is 6.29 Å². The first-order valence-corrected chi connectivity index (χ1v) is 8.76. The molecule has 0 aliphatic heterocycles. The third kappa shape index (κ3) is 2.15. The standard InChI is InChI=1S/C16H19NO2S2/c1-4-17(5-6-18)13-8-12-15(21-13)14-11(16(12,2)3)7-10(9-19)20-14/h7-9,18H,4-6H2,1-3H3. The van der Waals surface area contributed by atoms with Gasteiger partial charge in [0, 0.05) is 23.4 Å². The van der Waals surface area contributed by atoms with E-state index in [4.69, 9.17) is 0 Å². The predicted octanol–water partition coefficient (Wildman–Crippen LogP) is 3.75. The monoisotopic (exact) mass is 321 g/mol. The first-order chi connectivity index (χ1) is 10.0. The normalized spacial score (nSPS) is 14.9. The van der Waals surface area contributed by atoms with E-state index in [1.807, 2.05) is 6.07 Å². The van der Waals surface area contributed by atoms with Gasteiger partial charge in [0.1, 0.15) is 0 Å². The first-order valence-electron chi connectivity index (χ1n) is 7.12. The summed E-state index contributed by atoms with van der Waals surface area (Å²) in [6.45, 7) is 8.26. The van der Waals surface area contributed by atoms with Crippen LogP contribution in [-0.4, -0.2) is 31.1 Å². The fraction of sp³-hybridized carbons (Fsp3) is 0.438. The highest BCUT2D eigenvalue weighted by atomic mass is 32.1. The van der Waals surface area contributed by atoms with Crippen molar-refractivity contribution in [3.05, 3.63) is 28.1 Å². The lowest BCUT2D eigenvalue weighted by Crippen LogP contribution is -2.25. The molecule has 3 rings (SSSR count). The topological polar surface area (TPSA) is 40.5 Å². The van der Waals surface area contributed by atoms with Crippen molar-refractivity contribution in [2.45, 2.75) is 26.2 Å². The van der Waals surface area contributed by atoms with E-state index in [-0.39, 0.29) is 12.0 Å². The number of carbonyl (C=O) groups excluding carboxylic acids is 1. The second-order valence-corrected chi connectivity index (χ2v) is 7.88. The Bertz CT molecular complexity index is 685. The number of rotatable bonds is 5. The lowest BCUT2D eigenvalue weighted by Gasteiger charge is -2.22. The molecule has 2 aromatic heterocycles. The molecule has 0 spiro atoms. The van der Waals surface area contributed by atoms with Gasteiger partial charge in [0.2, 0.25) is 0 Å².